The van der Waals surface area contributed by atoms with Crippen LogP contribution in [0, 0.1) is 0 Å². The number of nitrogens with zero attached hydrogens (tertiary/aromatic N) is 1. The number of amides is 2. The van der Waals surface area contributed by atoms with E-state index in [1.807, 2.05) is 103 Å². The van der Waals surface area contributed by atoms with Crippen molar-refractivity contribution in [3.05, 3.63) is 120 Å². The molecular weight excluding hydrogens is 528 g/mol. The van der Waals surface area contributed by atoms with Crippen LogP contribution in [0.25, 0.3) is 11.1 Å². The van der Waals surface area contributed by atoms with Crippen LogP contribution in [0.5, 0.6) is 0 Å². The molecule has 1 unspecified atom stereocenters. The number of nitrogens with one attached hydrogen (secondary N) is 3. The monoisotopic (exact) mass is 564 g/mol. The predicted molar refractivity (Wildman–Crippen MR) is 164 cm³/mol. The summed E-state index contributed by atoms with van der Waals surface area (Å²) < 4.78 is 0. The molecule has 0 spiro atoms. The van der Waals surface area contributed by atoms with E-state index >= 15 is 0 Å². The van der Waals surface area contributed by atoms with Crippen LogP contribution in [0.4, 0.5) is 5.82 Å². The Morgan fingerprint density at radius 2 is 1.40 bits per heavy atom. The Hall–Kier alpha value is -4.98. The lowest BCUT2D eigenvalue weighted by atomic mass is 9.98. The van der Waals surface area contributed by atoms with Gasteiger partial charge < -0.3 is 21.1 Å². The topological polar surface area (TPSA) is 120 Å². The molecule has 0 saturated heterocycles. The molecule has 2 atom stereocenters. The van der Waals surface area contributed by atoms with Crippen molar-refractivity contribution < 1.29 is 19.5 Å². The number of hydrogen-bond acceptors (Lipinski definition) is 5. The standard InChI is InChI=1S/C34H36N4O4/c39-32(16-8-10-22-36-31-15-7-9-21-35-31)37-30(23-25-11-3-1-4-12-25)34(42)38-29(24-33(40)41)28-19-17-27(18-20-28)26-13-5-2-6-14-26/h1-7,9,11-15,17-21,29-30H,8,10,16,22-24H2,(H,35,36)(H,37,39)(H,38,42)(H,40,41)/t29?,30-/m1/s1. The van der Waals surface area contributed by atoms with E-state index < -0.39 is 24.0 Å². The molecule has 1 aromatic heterocycles. The van der Waals surface area contributed by atoms with Gasteiger partial charge in [0.1, 0.15) is 11.9 Å². The van der Waals surface area contributed by atoms with Crippen molar-refractivity contribution in [2.45, 2.75) is 44.2 Å². The first-order valence-corrected chi connectivity index (χ1v) is 14.1. The van der Waals surface area contributed by atoms with Gasteiger partial charge in [0.15, 0.2) is 0 Å². The number of aromatic nitrogens is 1. The highest BCUT2D eigenvalue weighted by molar-refractivity contribution is 5.88. The molecule has 42 heavy (non-hydrogen) atoms. The second-order valence-corrected chi connectivity index (χ2v) is 10.1. The molecule has 2 amide bonds. The number of carboxylic acids is 1. The SMILES string of the molecule is O=C(O)CC(NC(=O)[C@@H](Cc1ccccc1)NC(=O)CCCCNc1ccccn1)c1ccc(-c2ccccc2)cc1. The zero-order valence-corrected chi connectivity index (χ0v) is 23.4. The number of anilines is 1. The number of benzene rings is 3. The molecule has 4 aromatic rings. The van der Waals surface area contributed by atoms with E-state index in [0.717, 1.165) is 28.9 Å². The minimum absolute atomic E-state index is 0.231. The fraction of sp³-hybridized carbons (Fsp3) is 0.235. The predicted octanol–water partition coefficient (Wildman–Crippen LogP) is 5.39. The van der Waals surface area contributed by atoms with E-state index in [1.165, 1.54) is 0 Å². The number of hydrogen-bond donors (Lipinski definition) is 4. The van der Waals surface area contributed by atoms with Crippen molar-refractivity contribution in [3.8, 4) is 11.1 Å². The third kappa shape index (κ3) is 9.59. The van der Waals surface area contributed by atoms with Gasteiger partial charge in [-0.1, -0.05) is 91.0 Å². The fourth-order valence-corrected chi connectivity index (χ4v) is 4.66. The Labute approximate surface area is 246 Å². The van der Waals surface area contributed by atoms with Crippen molar-refractivity contribution in [1.82, 2.24) is 15.6 Å². The minimum Gasteiger partial charge on any atom is -0.481 e. The Kier molecular flexibility index (Phi) is 11.2. The molecule has 0 aliphatic rings. The molecule has 0 fully saturated rings. The maximum atomic E-state index is 13.5. The molecule has 3 aromatic carbocycles. The van der Waals surface area contributed by atoms with E-state index in [9.17, 15) is 19.5 Å². The van der Waals surface area contributed by atoms with Gasteiger partial charge in [-0.25, -0.2) is 4.98 Å². The summed E-state index contributed by atoms with van der Waals surface area (Å²) in [6.45, 7) is 0.679. The molecule has 8 heteroatoms. The molecule has 4 rings (SSSR count). The van der Waals surface area contributed by atoms with Crippen LogP contribution in [0.2, 0.25) is 0 Å². The fourth-order valence-electron chi connectivity index (χ4n) is 4.66. The first-order chi connectivity index (χ1) is 20.5. The number of carbonyl (C=O) groups excluding carboxylic acids is 2. The summed E-state index contributed by atoms with van der Waals surface area (Å²) >= 11 is 0. The lowest BCUT2D eigenvalue weighted by Crippen LogP contribution is -2.49. The van der Waals surface area contributed by atoms with Crippen LogP contribution in [-0.2, 0) is 20.8 Å². The molecule has 0 aliphatic carbocycles. The second kappa shape index (κ2) is 15.7. The van der Waals surface area contributed by atoms with E-state index in [1.54, 1.807) is 6.20 Å². The van der Waals surface area contributed by atoms with Gasteiger partial charge in [0.2, 0.25) is 11.8 Å². The molecule has 1 heterocycles. The summed E-state index contributed by atoms with van der Waals surface area (Å²) in [6.07, 6.45) is 3.38. The van der Waals surface area contributed by atoms with Crippen LogP contribution >= 0.6 is 0 Å². The zero-order chi connectivity index (χ0) is 29.6. The summed E-state index contributed by atoms with van der Waals surface area (Å²) in [7, 11) is 0. The van der Waals surface area contributed by atoms with Gasteiger partial charge in [0.25, 0.3) is 0 Å². The van der Waals surface area contributed by atoms with Crippen LogP contribution in [0.3, 0.4) is 0 Å². The van der Waals surface area contributed by atoms with Crippen molar-refractivity contribution in [1.29, 1.82) is 0 Å². The summed E-state index contributed by atoms with van der Waals surface area (Å²) in [4.78, 5) is 42.3. The number of rotatable bonds is 15. The second-order valence-electron chi connectivity index (χ2n) is 10.1. The van der Waals surface area contributed by atoms with Gasteiger partial charge in [-0.2, -0.15) is 0 Å². The van der Waals surface area contributed by atoms with E-state index in [2.05, 4.69) is 20.9 Å². The van der Waals surface area contributed by atoms with Crippen molar-refractivity contribution in [2.75, 3.05) is 11.9 Å². The highest BCUT2D eigenvalue weighted by Crippen LogP contribution is 2.24. The summed E-state index contributed by atoms with van der Waals surface area (Å²) in [5.74, 6) is -0.907. The molecule has 8 nitrogen and oxygen atoms in total. The van der Waals surface area contributed by atoms with Gasteiger partial charge in [-0.05, 0) is 47.2 Å². The number of unbranched alkanes of at least 4 members (excludes halogenated alkanes) is 1. The van der Waals surface area contributed by atoms with Gasteiger partial charge >= 0.3 is 5.97 Å². The number of pyridine rings is 1. The maximum absolute atomic E-state index is 13.5. The van der Waals surface area contributed by atoms with E-state index in [4.69, 9.17) is 0 Å². The van der Waals surface area contributed by atoms with Gasteiger partial charge in [-0.15, -0.1) is 0 Å². The van der Waals surface area contributed by atoms with Crippen LogP contribution in [0.1, 0.15) is 42.9 Å². The van der Waals surface area contributed by atoms with Crippen LogP contribution < -0.4 is 16.0 Å². The molecule has 0 radical (unpaired) electrons. The normalized spacial score (nSPS) is 12.1. The molecule has 4 N–H and O–H groups in total. The van der Waals surface area contributed by atoms with E-state index in [-0.39, 0.29) is 25.2 Å². The maximum Gasteiger partial charge on any atom is 0.305 e. The lowest BCUT2D eigenvalue weighted by Gasteiger charge is -2.23. The molecular formula is C34H36N4O4. The Balaban J connectivity index is 1.39. The van der Waals surface area contributed by atoms with Crippen molar-refractivity contribution >= 4 is 23.6 Å². The largest absolute Gasteiger partial charge is 0.481 e. The number of carboxylic acid groups (broad SMARTS) is 1. The third-order valence-electron chi connectivity index (χ3n) is 6.85. The summed E-state index contributed by atoms with van der Waals surface area (Å²) in [6, 6.07) is 30.8. The zero-order valence-electron chi connectivity index (χ0n) is 23.4. The summed E-state index contributed by atoms with van der Waals surface area (Å²) in [5, 5.41) is 18.6. The first-order valence-electron chi connectivity index (χ1n) is 14.1. The van der Waals surface area contributed by atoms with Crippen LogP contribution in [0.15, 0.2) is 109 Å². The minimum atomic E-state index is -1.03. The average Bonchev–Trinajstić information content (AvgIpc) is 3.01. The van der Waals surface area contributed by atoms with Gasteiger partial charge in [-0.3, -0.25) is 14.4 Å². The Bertz CT molecular complexity index is 1410. The smallest absolute Gasteiger partial charge is 0.305 e. The highest BCUT2D eigenvalue weighted by atomic mass is 16.4. The van der Waals surface area contributed by atoms with Crippen molar-refractivity contribution in [2.24, 2.45) is 0 Å². The van der Waals surface area contributed by atoms with Crippen molar-refractivity contribution in [3.63, 3.8) is 0 Å². The number of carbonyl (C=O) groups is 3. The van der Waals surface area contributed by atoms with Crippen LogP contribution in [-0.4, -0.2) is 40.5 Å². The summed E-state index contributed by atoms with van der Waals surface area (Å²) in [5.41, 5.74) is 3.60. The molecule has 0 aliphatic heterocycles. The molecule has 0 saturated carbocycles. The van der Waals surface area contributed by atoms with Gasteiger partial charge in [0.05, 0.1) is 12.5 Å². The Morgan fingerprint density at radius 3 is 2.07 bits per heavy atom. The number of aliphatic carboxylic acids is 1. The average molecular weight is 565 g/mol. The highest BCUT2D eigenvalue weighted by Gasteiger charge is 2.26. The quantitative estimate of drug-likeness (QED) is 0.144. The van der Waals surface area contributed by atoms with E-state index in [0.29, 0.717) is 18.5 Å². The Morgan fingerprint density at radius 1 is 0.738 bits per heavy atom. The lowest BCUT2D eigenvalue weighted by molar-refractivity contribution is -0.138. The third-order valence-corrected chi connectivity index (χ3v) is 6.85. The molecule has 0 bridgehead atoms. The van der Waals surface area contributed by atoms with Gasteiger partial charge in [0, 0.05) is 25.6 Å². The molecule has 216 valence electrons. The first kappa shape index (κ1) is 30.0.